The van der Waals surface area contributed by atoms with Crippen LogP contribution in [-0.4, -0.2) is 16.1 Å². The maximum absolute atomic E-state index is 12.1. The lowest BCUT2D eigenvalue weighted by molar-refractivity contribution is 0.411. The van der Waals surface area contributed by atoms with Crippen molar-refractivity contribution in [2.75, 3.05) is 7.11 Å². The van der Waals surface area contributed by atoms with Gasteiger partial charge in [-0.3, -0.25) is 4.21 Å². The van der Waals surface area contributed by atoms with Crippen LogP contribution in [0.3, 0.4) is 0 Å². The molecule has 0 amide bonds. The van der Waals surface area contributed by atoms with Crippen LogP contribution in [0, 0.1) is 0 Å². The zero-order chi connectivity index (χ0) is 13.1. The first kappa shape index (κ1) is 14.2. The SMILES string of the molecule is COc1ccc(CN)cc1CS(=O)C(C)(C)C. The molecule has 0 radical (unpaired) electrons. The monoisotopic (exact) mass is 255 g/mol. The van der Waals surface area contributed by atoms with E-state index in [0.29, 0.717) is 12.3 Å². The van der Waals surface area contributed by atoms with Gasteiger partial charge in [-0.1, -0.05) is 6.07 Å². The van der Waals surface area contributed by atoms with Gasteiger partial charge in [0.2, 0.25) is 0 Å². The number of hydrogen-bond donors (Lipinski definition) is 1. The van der Waals surface area contributed by atoms with Crippen LogP contribution in [-0.2, 0) is 23.1 Å². The Balaban J connectivity index is 2.99. The zero-order valence-corrected chi connectivity index (χ0v) is 11.8. The van der Waals surface area contributed by atoms with E-state index in [1.807, 2.05) is 39.0 Å². The molecule has 0 fully saturated rings. The Morgan fingerprint density at radius 1 is 1.35 bits per heavy atom. The molecule has 1 aromatic carbocycles. The normalized spacial score (nSPS) is 13.5. The van der Waals surface area contributed by atoms with Crippen molar-refractivity contribution in [3.8, 4) is 5.75 Å². The number of nitrogens with two attached hydrogens (primary N) is 1. The van der Waals surface area contributed by atoms with E-state index in [9.17, 15) is 4.21 Å². The quantitative estimate of drug-likeness (QED) is 0.897. The molecule has 0 aliphatic rings. The molecule has 17 heavy (non-hydrogen) atoms. The van der Waals surface area contributed by atoms with Crippen LogP contribution in [0.2, 0.25) is 0 Å². The van der Waals surface area contributed by atoms with Crippen molar-refractivity contribution in [3.05, 3.63) is 29.3 Å². The summed E-state index contributed by atoms with van der Waals surface area (Å²) in [5.74, 6) is 1.28. The molecule has 0 bridgehead atoms. The number of rotatable bonds is 4. The fourth-order valence-electron chi connectivity index (χ4n) is 1.43. The van der Waals surface area contributed by atoms with Gasteiger partial charge in [-0.15, -0.1) is 0 Å². The Kier molecular flexibility index (Phi) is 4.71. The topological polar surface area (TPSA) is 52.3 Å². The molecule has 1 rings (SSSR count). The second kappa shape index (κ2) is 5.65. The van der Waals surface area contributed by atoms with E-state index in [4.69, 9.17) is 10.5 Å². The Bertz CT molecular complexity index is 410. The molecule has 3 nitrogen and oxygen atoms in total. The standard InChI is InChI=1S/C13H21NO2S/c1-13(2,3)17(15)9-11-7-10(8-14)5-6-12(11)16-4/h5-7H,8-9,14H2,1-4H3. The highest BCUT2D eigenvalue weighted by atomic mass is 32.2. The summed E-state index contributed by atoms with van der Waals surface area (Å²) in [6, 6.07) is 5.79. The highest BCUT2D eigenvalue weighted by Gasteiger charge is 2.21. The molecule has 0 aliphatic heterocycles. The van der Waals surface area contributed by atoms with Crippen LogP contribution in [0.15, 0.2) is 18.2 Å². The average Bonchev–Trinajstić information content (AvgIpc) is 2.27. The summed E-state index contributed by atoms with van der Waals surface area (Å²) in [6.45, 7) is 6.41. The molecule has 96 valence electrons. The van der Waals surface area contributed by atoms with E-state index in [-0.39, 0.29) is 4.75 Å². The van der Waals surface area contributed by atoms with Crippen LogP contribution in [0.1, 0.15) is 31.9 Å². The number of methoxy groups -OCH3 is 1. The van der Waals surface area contributed by atoms with Crippen molar-refractivity contribution in [2.24, 2.45) is 5.73 Å². The number of hydrogen-bond acceptors (Lipinski definition) is 3. The Hall–Kier alpha value is -0.870. The van der Waals surface area contributed by atoms with Crippen molar-refractivity contribution >= 4 is 10.8 Å². The van der Waals surface area contributed by atoms with Gasteiger partial charge in [0.05, 0.1) is 12.9 Å². The highest BCUT2D eigenvalue weighted by Crippen LogP contribution is 2.24. The molecule has 1 aromatic rings. The molecule has 1 atom stereocenters. The lowest BCUT2D eigenvalue weighted by Gasteiger charge is -2.19. The van der Waals surface area contributed by atoms with Crippen LogP contribution < -0.4 is 10.5 Å². The van der Waals surface area contributed by atoms with Crippen molar-refractivity contribution in [3.63, 3.8) is 0 Å². The van der Waals surface area contributed by atoms with Gasteiger partial charge in [-0.2, -0.15) is 0 Å². The predicted molar refractivity (Wildman–Crippen MR) is 72.5 cm³/mol. The fourth-order valence-corrected chi connectivity index (χ4v) is 2.37. The molecule has 2 N–H and O–H groups in total. The van der Waals surface area contributed by atoms with Gasteiger partial charge >= 0.3 is 0 Å². The maximum Gasteiger partial charge on any atom is 0.123 e. The molecule has 0 spiro atoms. The molecule has 1 unspecified atom stereocenters. The first-order valence-corrected chi connectivity index (χ1v) is 6.94. The van der Waals surface area contributed by atoms with Crippen LogP contribution >= 0.6 is 0 Å². The van der Waals surface area contributed by atoms with E-state index < -0.39 is 10.8 Å². The average molecular weight is 255 g/mol. The van der Waals surface area contributed by atoms with Crippen molar-refractivity contribution in [1.29, 1.82) is 0 Å². The van der Waals surface area contributed by atoms with E-state index in [1.165, 1.54) is 0 Å². The second-order valence-corrected chi connectivity index (χ2v) is 7.16. The molecule has 0 aliphatic carbocycles. The Morgan fingerprint density at radius 2 is 2.00 bits per heavy atom. The third-order valence-corrected chi connectivity index (χ3v) is 4.49. The first-order valence-electron chi connectivity index (χ1n) is 5.63. The molecule has 0 saturated heterocycles. The molecule has 4 heteroatoms. The summed E-state index contributed by atoms with van der Waals surface area (Å²) in [7, 11) is 0.695. The number of benzene rings is 1. The summed E-state index contributed by atoms with van der Waals surface area (Å²) in [4.78, 5) is 0. The lowest BCUT2D eigenvalue weighted by atomic mass is 10.1. The van der Waals surface area contributed by atoms with Crippen LogP contribution in [0.4, 0.5) is 0 Å². The third-order valence-electron chi connectivity index (χ3n) is 2.55. The molecule has 0 aromatic heterocycles. The largest absolute Gasteiger partial charge is 0.496 e. The summed E-state index contributed by atoms with van der Waals surface area (Å²) in [5.41, 5.74) is 7.61. The first-order chi connectivity index (χ1) is 7.88. The van der Waals surface area contributed by atoms with E-state index in [1.54, 1.807) is 7.11 Å². The van der Waals surface area contributed by atoms with E-state index >= 15 is 0 Å². The lowest BCUT2D eigenvalue weighted by Crippen LogP contribution is -2.23. The molecular formula is C13H21NO2S. The maximum atomic E-state index is 12.1. The third kappa shape index (κ3) is 3.82. The Labute approximate surface area is 106 Å². The fraction of sp³-hybridized carbons (Fsp3) is 0.538. The second-order valence-electron chi connectivity index (χ2n) is 4.95. The summed E-state index contributed by atoms with van der Waals surface area (Å²) in [5, 5.41) is 0. The van der Waals surface area contributed by atoms with Crippen LogP contribution in [0.25, 0.3) is 0 Å². The smallest absolute Gasteiger partial charge is 0.123 e. The van der Waals surface area contributed by atoms with Gasteiger partial charge in [0, 0.05) is 27.7 Å². The van der Waals surface area contributed by atoms with Crippen molar-refractivity contribution < 1.29 is 8.95 Å². The van der Waals surface area contributed by atoms with Crippen molar-refractivity contribution in [1.82, 2.24) is 0 Å². The van der Waals surface area contributed by atoms with Gasteiger partial charge in [0.15, 0.2) is 0 Å². The van der Waals surface area contributed by atoms with E-state index in [2.05, 4.69) is 0 Å². The molecule has 0 saturated carbocycles. The van der Waals surface area contributed by atoms with Gasteiger partial charge < -0.3 is 10.5 Å². The predicted octanol–water partition coefficient (Wildman–Crippen LogP) is 2.20. The van der Waals surface area contributed by atoms with Gasteiger partial charge in [-0.25, -0.2) is 0 Å². The minimum Gasteiger partial charge on any atom is -0.496 e. The highest BCUT2D eigenvalue weighted by molar-refractivity contribution is 7.85. The van der Waals surface area contributed by atoms with Crippen molar-refractivity contribution in [2.45, 2.75) is 37.8 Å². The van der Waals surface area contributed by atoms with Gasteiger partial charge in [0.25, 0.3) is 0 Å². The summed E-state index contributed by atoms with van der Waals surface area (Å²) < 4.78 is 17.2. The Morgan fingerprint density at radius 3 is 2.47 bits per heavy atom. The number of ether oxygens (including phenoxy) is 1. The van der Waals surface area contributed by atoms with Gasteiger partial charge in [0.1, 0.15) is 5.75 Å². The minimum atomic E-state index is -0.931. The summed E-state index contributed by atoms with van der Waals surface area (Å²) in [6.07, 6.45) is 0. The van der Waals surface area contributed by atoms with Gasteiger partial charge in [-0.05, 0) is 38.5 Å². The molecular weight excluding hydrogens is 234 g/mol. The summed E-state index contributed by atoms with van der Waals surface area (Å²) >= 11 is 0. The minimum absolute atomic E-state index is 0.219. The zero-order valence-electron chi connectivity index (χ0n) is 10.9. The molecule has 0 heterocycles. The van der Waals surface area contributed by atoms with E-state index in [0.717, 1.165) is 16.9 Å². The van der Waals surface area contributed by atoms with Crippen LogP contribution in [0.5, 0.6) is 5.75 Å².